The molecule has 0 amide bonds. The first-order valence-corrected chi connectivity index (χ1v) is 18.5. The van der Waals surface area contributed by atoms with Crippen LogP contribution in [0.1, 0.15) is 78.6 Å². The molecule has 0 saturated carbocycles. The Balaban J connectivity index is 0.000000383. The van der Waals surface area contributed by atoms with Crippen molar-refractivity contribution in [3.05, 3.63) is 38.0 Å². The van der Waals surface area contributed by atoms with Crippen molar-refractivity contribution in [3.63, 3.8) is 0 Å². The second-order valence-corrected chi connectivity index (χ2v) is 13.4. The van der Waals surface area contributed by atoms with E-state index in [9.17, 15) is 14.4 Å². The fourth-order valence-electron chi connectivity index (χ4n) is 4.85. The maximum absolute atomic E-state index is 10.8. The van der Waals surface area contributed by atoms with Crippen LogP contribution in [-0.4, -0.2) is 117 Å². The van der Waals surface area contributed by atoms with Gasteiger partial charge in [-0.15, -0.1) is 0 Å². The maximum Gasteiger partial charge on any atom is 0.330 e. The Labute approximate surface area is 306 Å². The molecule has 0 N–H and O–H groups in total. The van der Waals surface area contributed by atoms with E-state index in [1.54, 1.807) is 0 Å². The highest BCUT2D eigenvalue weighted by Crippen LogP contribution is 2.32. The molecule has 0 aromatic rings. The van der Waals surface area contributed by atoms with E-state index in [1.165, 1.54) is 18.2 Å². The maximum atomic E-state index is 10.8. The molecule has 0 atom stereocenters. The fourth-order valence-corrected chi connectivity index (χ4v) is 4.85. The van der Waals surface area contributed by atoms with Crippen molar-refractivity contribution in [1.29, 1.82) is 0 Å². The van der Waals surface area contributed by atoms with E-state index in [4.69, 9.17) is 42.6 Å². The molecule has 0 radical (unpaired) electrons. The van der Waals surface area contributed by atoms with Crippen LogP contribution in [0, 0.1) is 16.2 Å². The van der Waals surface area contributed by atoms with Gasteiger partial charge in [-0.2, -0.15) is 0 Å². The smallest absolute Gasteiger partial charge is 0.330 e. The lowest BCUT2D eigenvalue weighted by Gasteiger charge is -2.40. The minimum absolute atomic E-state index is 0.234. The SMILES string of the molecule is C=CC(=O)OCCCCCOCC1(CC)COC1.C=CC(=O)OCCCCOCC1(CC)COC1.C=CC(=O)OCCCOCC1(CC)COC1. The zero-order valence-corrected chi connectivity index (χ0v) is 31.7. The highest BCUT2D eigenvalue weighted by molar-refractivity contribution is 5.81. The minimum Gasteiger partial charge on any atom is -0.463 e. The third kappa shape index (κ3) is 20.3. The van der Waals surface area contributed by atoms with Crippen molar-refractivity contribution in [2.75, 3.05) is 99.1 Å². The molecule has 3 heterocycles. The lowest BCUT2D eigenvalue weighted by molar-refractivity contribution is -0.151. The van der Waals surface area contributed by atoms with Crippen LogP contribution in [0.4, 0.5) is 0 Å². The summed E-state index contributed by atoms with van der Waals surface area (Å²) in [7, 11) is 0. The zero-order valence-electron chi connectivity index (χ0n) is 31.7. The van der Waals surface area contributed by atoms with Gasteiger partial charge in [-0.3, -0.25) is 0 Å². The first kappa shape index (κ1) is 46.4. The average molecular weight is 727 g/mol. The third-order valence-electron chi connectivity index (χ3n) is 9.21. The lowest BCUT2D eigenvalue weighted by atomic mass is 9.84. The van der Waals surface area contributed by atoms with Gasteiger partial charge >= 0.3 is 17.9 Å². The summed E-state index contributed by atoms with van der Waals surface area (Å²) in [5, 5.41) is 0. The minimum atomic E-state index is -0.377. The van der Waals surface area contributed by atoms with Gasteiger partial charge in [-0.05, 0) is 51.4 Å². The molecule has 12 nitrogen and oxygen atoms in total. The van der Waals surface area contributed by atoms with Crippen molar-refractivity contribution in [2.24, 2.45) is 16.2 Å². The van der Waals surface area contributed by atoms with Gasteiger partial charge in [0, 0.05) is 60.7 Å². The highest BCUT2D eigenvalue weighted by Gasteiger charge is 2.38. The Kier molecular flexibility index (Phi) is 25.4. The number of carbonyl (C=O) groups is 3. The van der Waals surface area contributed by atoms with E-state index in [0.717, 1.165) is 124 Å². The van der Waals surface area contributed by atoms with Gasteiger partial charge in [-0.25, -0.2) is 14.4 Å². The molecule has 0 spiro atoms. The molecular weight excluding hydrogens is 660 g/mol. The number of unbranched alkanes of at least 4 members (excludes halogenated alkanes) is 3. The summed E-state index contributed by atoms with van der Waals surface area (Å²) in [6.07, 6.45) is 12.2. The molecule has 3 fully saturated rings. The molecule has 0 aliphatic carbocycles. The van der Waals surface area contributed by atoms with Crippen molar-refractivity contribution >= 4 is 17.9 Å². The lowest BCUT2D eigenvalue weighted by Crippen LogP contribution is -2.45. The topological polar surface area (TPSA) is 134 Å². The summed E-state index contributed by atoms with van der Waals surface area (Å²) in [4.78, 5) is 32.2. The van der Waals surface area contributed by atoms with Crippen LogP contribution >= 0.6 is 0 Å². The summed E-state index contributed by atoms with van der Waals surface area (Å²) in [5.41, 5.74) is 0.770. The molecule has 0 bridgehead atoms. The first-order chi connectivity index (χ1) is 24.7. The molecule has 0 aromatic carbocycles. The molecule has 294 valence electrons. The quantitative estimate of drug-likeness (QED) is 0.0437. The summed E-state index contributed by atoms with van der Waals surface area (Å²) in [5.74, 6) is -1.08. The Morgan fingerprint density at radius 2 is 0.745 bits per heavy atom. The number of hydrogen-bond acceptors (Lipinski definition) is 12. The Morgan fingerprint density at radius 1 is 0.471 bits per heavy atom. The molecule has 51 heavy (non-hydrogen) atoms. The van der Waals surface area contributed by atoms with Crippen LogP contribution in [0.5, 0.6) is 0 Å². The van der Waals surface area contributed by atoms with Gasteiger partial charge in [0.1, 0.15) is 0 Å². The molecular formula is C39H66O12. The van der Waals surface area contributed by atoms with E-state index in [2.05, 4.69) is 40.5 Å². The van der Waals surface area contributed by atoms with Gasteiger partial charge < -0.3 is 42.6 Å². The number of rotatable bonds is 27. The molecule has 0 unspecified atom stereocenters. The van der Waals surface area contributed by atoms with Gasteiger partial charge in [0.2, 0.25) is 0 Å². The highest BCUT2D eigenvalue weighted by atomic mass is 16.5. The summed E-state index contributed by atoms with van der Waals surface area (Å²) >= 11 is 0. The number of esters is 3. The molecule has 0 aromatic heterocycles. The van der Waals surface area contributed by atoms with Gasteiger partial charge in [0.05, 0.1) is 79.3 Å². The van der Waals surface area contributed by atoms with E-state index in [1.807, 2.05) is 0 Å². The fraction of sp³-hybridized carbons (Fsp3) is 0.769. The normalized spacial score (nSPS) is 17.2. The van der Waals surface area contributed by atoms with Crippen molar-refractivity contribution in [2.45, 2.75) is 78.6 Å². The predicted molar refractivity (Wildman–Crippen MR) is 194 cm³/mol. The van der Waals surface area contributed by atoms with Crippen molar-refractivity contribution in [1.82, 2.24) is 0 Å². The Morgan fingerprint density at radius 3 is 1.04 bits per heavy atom. The van der Waals surface area contributed by atoms with Crippen molar-refractivity contribution < 1.29 is 57.0 Å². The molecule has 3 aliphatic heterocycles. The van der Waals surface area contributed by atoms with Gasteiger partial charge in [0.15, 0.2) is 0 Å². The van der Waals surface area contributed by atoms with Crippen LogP contribution in [-0.2, 0) is 57.0 Å². The van der Waals surface area contributed by atoms with Gasteiger partial charge in [0.25, 0.3) is 0 Å². The predicted octanol–water partition coefficient (Wildman–Crippen LogP) is 5.82. The summed E-state index contributed by atoms with van der Waals surface area (Å²) in [6, 6.07) is 0. The monoisotopic (exact) mass is 726 g/mol. The number of carbonyl (C=O) groups excluding carboxylic acids is 3. The van der Waals surface area contributed by atoms with Crippen molar-refractivity contribution in [3.8, 4) is 0 Å². The average Bonchev–Trinajstić information content (AvgIpc) is 3.10. The molecule has 12 heteroatoms. The van der Waals surface area contributed by atoms with E-state index < -0.39 is 0 Å². The van der Waals surface area contributed by atoms with Gasteiger partial charge in [-0.1, -0.05) is 40.5 Å². The van der Waals surface area contributed by atoms with E-state index >= 15 is 0 Å². The van der Waals surface area contributed by atoms with Crippen LogP contribution in [0.25, 0.3) is 0 Å². The van der Waals surface area contributed by atoms with Crippen LogP contribution in [0.15, 0.2) is 38.0 Å². The standard InChI is InChI=1S/C14H24O4.C13H22O4.C12H20O4/c1-3-13(15)18-9-7-5-6-8-16-10-14(4-2)11-17-12-14;1-3-12(14)17-8-6-5-7-15-9-13(4-2)10-16-11-13;1-3-11(13)16-7-5-6-14-8-12(4-2)9-15-10-12/h3H,1,4-12H2,2H3;3H,1,4-11H2,2H3;3H,1,4-10H2,2H3. The second-order valence-electron chi connectivity index (χ2n) is 13.4. The molecule has 3 saturated heterocycles. The Hall–Kier alpha value is -2.61. The number of hydrogen-bond donors (Lipinski definition) is 0. The van der Waals surface area contributed by atoms with E-state index in [-0.39, 0.29) is 34.2 Å². The van der Waals surface area contributed by atoms with Crippen LogP contribution in [0.3, 0.4) is 0 Å². The Bertz CT molecular complexity index is 968. The molecule has 3 rings (SSSR count). The molecule has 3 aliphatic rings. The largest absolute Gasteiger partial charge is 0.463 e. The zero-order chi connectivity index (χ0) is 37.7. The first-order valence-electron chi connectivity index (χ1n) is 18.5. The third-order valence-corrected chi connectivity index (χ3v) is 9.21. The van der Waals surface area contributed by atoms with E-state index in [0.29, 0.717) is 33.0 Å². The van der Waals surface area contributed by atoms with Crippen LogP contribution in [0.2, 0.25) is 0 Å². The van der Waals surface area contributed by atoms with Crippen LogP contribution < -0.4 is 0 Å². The summed E-state index contributed by atoms with van der Waals surface area (Å²) in [6.45, 7) is 27.1. The number of ether oxygens (including phenoxy) is 9. The second kappa shape index (κ2) is 28.0. The summed E-state index contributed by atoms with van der Waals surface area (Å²) < 4.78 is 47.1.